The molecule has 7 rings (SSSR count). The fourth-order valence-corrected chi connectivity index (χ4v) is 6.86. The highest BCUT2D eigenvalue weighted by Gasteiger charge is 2.25. The lowest BCUT2D eigenvalue weighted by molar-refractivity contribution is 0.102. The van der Waals surface area contributed by atoms with Gasteiger partial charge in [-0.2, -0.15) is 5.10 Å². The second-order valence-electron chi connectivity index (χ2n) is 11.0. The number of nitrogens with one attached hydrogen (secondary N) is 1. The van der Waals surface area contributed by atoms with Crippen molar-refractivity contribution in [3.05, 3.63) is 124 Å². The first-order valence-electron chi connectivity index (χ1n) is 14.7. The van der Waals surface area contributed by atoms with Gasteiger partial charge in [0.05, 0.1) is 29.1 Å². The molecule has 0 unspecified atom stereocenters. The van der Waals surface area contributed by atoms with Crippen molar-refractivity contribution < 1.29 is 14.7 Å². The Hall–Kier alpha value is -5.19. The number of hydrogen-bond donors (Lipinski definition) is 2. The van der Waals surface area contributed by atoms with Gasteiger partial charge in [0, 0.05) is 35.5 Å². The predicted octanol–water partition coefficient (Wildman–Crippen LogP) is 6.03. The predicted molar refractivity (Wildman–Crippen MR) is 176 cm³/mol. The van der Waals surface area contributed by atoms with Gasteiger partial charge in [0.25, 0.3) is 5.91 Å². The molecule has 1 amide bonds. The van der Waals surface area contributed by atoms with Gasteiger partial charge in [-0.15, -0.1) is 0 Å². The van der Waals surface area contributed by atoms with Crippen LogP contribution in [0.25, 0.3) is 21.3 Å². The van der Waals surface area contributed by atoms with E-state index in [0.29, 0.717) is 53.0 Å². The molecule has 9 nitrogen and oxygen atoms in total. The number of aliphatic hydroxyl groups excluding tert-OH is 1. The van der Waals surface area contributed by atoms with Gasteiger partial charge in [-0.05, 0) is 60.4 Å². The van der Waals surface area contributed by atoms with Gasteiger partial charge in [0.1, 0.15) is 11.5 Å². The van der Waals surface area contributed by atoms with Crippen LogP contribution in [0.4, 0.5) is 10.9 Å². The lowest BCUT2D eigenvalue weighted by Gasteiger charge is -2.31. The van der Waals surface area contributed by atoms with E-state index in [1.165, 1.54) is 11.3 Å². The Kier molecular flexibility index (Phi) is 7.66. The average Bonchev–Trinajstić information content (AvgIpc) is 3.63. The smallest absolute Gasteiger partial charge is 0.257 e. The van der Waals surface area contributed by atoms with Crippen molar-refractivity contribution in [2.75, 3.05) is 16.8 Å². The zero-order valence-electron chi connectivity index (χ0n) is 24.6. The van der Waals surface area contributed by atoms with E-state index >= 15 is 0 Å². The molecule has 4 heterocycles. The highest BCUT2D eigenvalue weighted by atomic mass is 32.1. The number of aldehydes is 1. The highest BCUT2D eigenvalue weighted by molar-refractivity contribution is 7.22. The zero-order chi connectivity index (χ0) is 30.9. The molecule has 45 heavy (non-hydrogen) atoms. The molecule has 0 radical (unpaired) electrons. The van der Waals surface area contributed by atoms with E-state index in [1.807, 2.05) is 90.5 Å². The van der Waals surface area contributed by atoms with Crippen LogP contribution in [0, 0.1) is 6.92 Å². The van der Waals surface area contributed by atoms with Crippen molar-refractivity contribution in [3.63, 3.8) is 0 Å². The molecule has 0 atom stereocenters. The first kappa shape index (κ1) is 28.6. The molecule has 2 N–H and O–H groups in total. The van der Waals surface area contributed by atoms with E-state index in [0.717, 1.165) is 45.3 Å². The number of benzene rings is 3. The third-order valence-electron chi connectivity index (χ3n) is 8.25. The summed E-state index contributed by atoms with van der Waals surface area (Å²) in [5, 5.41) is 18.4. The number of amides is 1. The molecule has 10 heteroatoms. The Morgan fingerprint density at radius 1 is 1.00 bits per heavy atom. The quantitative estimate of drug-likeness (QED) is 0.201. The van der Waals surface area contributed by atoms with Crippen LogP contribution < -0.4 is 10.2 Å². The van der Waals surface area contributed by atoms with Crippen LogP contribution in [-0.4, -0.2) is 43.6 Å². The SMILES string of the molecule is Cc1c(-c2ccc(N3CCc4cccc(C(=O)Nc5nc6ccccc6s5)c4C3)nc2C=O)c(CO)nn1Cc1ccccc1. The number of rotatable bonds is 8. The minimum atomic E-state index is -0.261. The first-order chi connectivity index (χ1) is 22.0. The molecular weight excluding hydrogens is 584 g/mol. The van der Waals surface area contributed by atoms with Crippen molar-refractivity contribution in [1.29, 1.82) is 0 Å². The van der Waals surface area contributed by atoms with Gasteiger partial charge in [-0.1, -0.05) is 65.9 Å². The molecule has 0 saturated heterocycles. The van der Waals surface area contributed by atoms with E-state index in [9.17, 15) is 14.7 Å². The maximum Gasteiger partial charge on any atom is 0.257 e. The molecule has 0 saturated carbocycles. The minimum Gasteiger partial charge on any atom is -0.390 e. The van der Waals surface area contributed by atoms with Crippen molar-refractivity contribution in [2.24, 2.45) is 0 Å². The summed E-state index contributed by atoms with van der Waals surface area (Å²) < 4.78 is 2.86. The molecule has 224 valence electrons. The number of para-hydroxylation sites is 1. The number of carbonyl (C=O) groups is 2. The van der Waals surface area contributed by atoms with Crippen LogP contribution in [0.2, 0.25) is 0 Å². The van der Waals surface area contributed by atoms with E-state index in [4.69, 9.17) is 4.98 Å². The molecule has 6 aromatic rings. The lowest BCUT2D eigenvalue weighted by Crippen LogP contribution is -2.33. The topological polar surface area (TPSA) is 113 Å². The summed E-state index contributed by atoms with van der Waals surface area (Å²) in [7, 11) is 0. The molecule has 1 aliphatic heterocycles. The van der Waals surface area contributed by atoms with Gasteiger partial charge in [-0.25, -0.2) is 9.97 Å². The summed E-state index contributed by atoms with van der Waals surface area (Å²) in [5.41, 5.74) is 7.54. The van der Waals surface area contributed by atoms with E-state index < -0.39 is 0 Å². The minimum absolute atomic E-state index is 0.204. The highest BCUT2D eigenvalue weighted by Crippen LogP contribution is 2.33. The lowest BCUT2D eigenvalue weighted by atomic mass is 9.94. The molecular formula is C35H30N6O3S. The van der Waals surface area contributed by atoms with Crippen LogP contribution in [-0.2, 0) is 26.1 Å². The Bertz CT molecular complexity index is 2020. The first-order valence-corrected chi connectivity index (χ1v) is 15.5. The fraction of sp³-hybridized carbons (Fsp3) is 0.171. The molecule has 0 bridgehead atoms. The molecule has 1 aliphatic rings. The number of hydrogen-bond acceptors (Lipinski definition) is 8. The molecule has 3 aromatic heterocycles. The zero-order valence-corrected chi connectivity index (χ0v) is 25.4. The fourth-order valence-electron chi connectivity index (χ4n) is 6.00. The van der Waals surface area contributed by atoms with Crippen LogP contribution in [0.1, 0.15) is 48.9 Å². The summed E-state index contributed by atoms with van der Waals surface area (Å²) >= 11 is 1.45. The number of aromatic nitrogens is 4. The Morgan fingerprint density at radius 3 is 2.62 bits per heavy atom. The number of carbonyl (C=O) groups excluding carboxylic acids is 2. The molecule has 0 aliphatic carbocycles. The average molecular weight is 615 g/mol. The van der Waals surface area contributed by atoms with E-state index in [2.05, 4.69) is 26.4 Å². The van der Waals surface area contributed by atoms with Crippen LogP contribution in [0.15, 0.2) is 84.9 Å². The number of aliphatic hydroxyl groups is 1. The van der Waals surface area contributed by atoms with Gasteiger partial charge in [0.2, 0.25) is 0 Å². The number of nitrogens with zero attached hydrogens (tertiary/aromatic N) is 5. The number of anilines is 2. The third kappa shape index (κ3) is 5.50. The summed E-state index contributed by atoms with van der Waals surface area (Å²) in [6, 6.07) is 27.4. The Morgan fingerprint density at radius 2 is 1.82 bits per heavy atom. The number of pyridine rings is 1. The Labute approximate surface area is 263 Å². The molecule has 0 spiro atoms. The summed E-state index contributed by atoms with van der Waals surface area (Å²) in [5.74, 6) is 0.442. The molecule has 0 fully saturated rings. The second kappa shape index (κ2) is 12.1. The summed E-state index contributed by atoms with van der Waals surface area (Å²) in [6.45, 7) is 3.39. The van der Waals surface area contributed by atoms with Crippen LogP contribution in [0.5, 0.6) is 0 Å². The van der Waals surface area contributed by atoms with Gasteiger partial charge < -0.3 is 10.0 Å². The van der Waals surface area contributed by atoms with Crippen LogP contribution >= 0.6 is 11.3 Å². The van der Waals surface area contributed by atoms with Gasteiger partial charge in [-0.3, -0.25) is 19.6 Å². The maximum atomic E-state index is 13.5. The largest absolute Gasteiger partial charge is 0.390 e. The van der Waals surface area contributed by atoms with E-state index in [-0.39, 0.29) is 18.2 Å². The van der Waals surface area contributed by atoms with Crippen molar-refractivity contribution in [1.82, 2.24) is 19.7 Å². The number of fused-ring (bicyclic) bond motifs is 2. The van der Waals surface area contributed by atoms with Crippen molar-refractivity contribution in [3.8, 4) is 11.1 Å². The summed E-state index contributed by atoms with van der Waals surface area (Å²) in [6.07, 6.45) is 1.49. The van der Waals surface area contributed by atoms with Gasteiger partial charge >= 0.3 is 0 Å². The normalized spacial score (nSPS) is 12.7. The summed E-state index contributed by atoms with van der Waals surface area (Å²) in [4.78, 5) is 37.3. The van der Waals surface area contributed by atoms with Crippen LogP contribution in [0.3, 0.4) is 0 Å². The van der Waals surface area contributed by atoms with E-state index in [1.54, 1.807) is 0 Å². The third-order valence-corrected chi connectivity index (χ3v) is 9.20. The monoisotopic (exact) mass is 614 g/mol. The molecule has 3 aromatic carbocycles. The maximum absolute atomic E-state index is 13.5. The Balaban J connectivity index is 1.16. The second-order valence-corrected chi connectivity index (χ2v) is 12.0. The van der Waals surface area contributed by atoms with Gasteiger partial charge in [0.15, 0.2) is 11.4 Å². The van der Waals surface area contributed by atoms with Crippen molar-refractivity contribution >= 4 is 44.7 Å². The number of thiazole rings is 1. The standard InChI is InChI=1S/C35H30N6O3S/c1-22-33(30(21-43)39-41(22)18-23-8-3-2-4-9-23)26-14-15-32(36-29(26)20-42)40-17-16-24-10-7-11-25(27(24)19-40)34(44)38-35-37-28-12-5-6-13-31(28)45-35/h2-15,20,43H,16-19,21H2,1H3,(H,37,38,44). The van der Waals surface area contributed by atoms with Crippen molar-refractivity contribution in [2.45, 2.75) is 33.0 Å².